The minimum atomic E-state index is -0.660. The van der Waals surface area contributed by atoms with Crippen molar-refractivity contribution in [2.24, 2.45) is 0 Å². The molecule has 1 aliphatic carbocycles. The van der Waals surface area contributed by atoms with E-state index in [9.17, 15) is 18.4 Å². The van der Waals surface area contributed by atoms with Crippen molar-refractivity contribution in [1.29, 1.82) is 0 Å². The molecular weight excluding hydrogens is 482 g/mol. The second kappa shape index (κ2) is 13.1. The normalized spacial score (nSPS) is 15.1. The maximum Gasteiger partial charge on any atom is 0.257 e. The first-order valence-corrected chi connectivity index (χ1v) is 13.1. The maximum absolute atomic E-state index is 14.9. The lowest BCUT2D eigenvalue weighted by Gasteiger charge is -2.19. The van der Waals surface area contributed by atoms with Crippen molar-refractivity contribution in [1.82, 2.24) is 19.9 Å². The van der Waals surface area contributed by atoms with Gasteiger partial charge in [-0.25, -0.2) is 13.5 Å². The molecule has 0 fully saturated rings. The number of hydrogen-bond donors (Lipinski definition) is 0. The number of nitrogens with zero attached hydrogens (tertiary/aromatic N) is 4. The molecule has 0 bridgehead atoms. The van der Waals surface area contributed by atoms with Crippen LogP contribution in [-0.2, 0) is 16.1 Å². The number of halogens is 2. The molecule has 190 valence electrons. The highest BCUT2D eigenvalue weighted by Crippen LogP contribution is 2.30. The molecule has 2 aliphatic rings. The average molecular weight is 513 g/mol. The lowest BCUT2D eigenvalue weighted by Crippen LogP contribution is -2.35. The predicted octanol–water partition coefficient (Wildman–Crippen LogP) is 5.80. The average Bonchev–Trinajstić information content (AvgIpc) is 3.04. The Bertz CT molecular complexity index is 1210. The molecule has 0 atom stereocenters. The molecule has 2 heterocycles. The molecule has 0 saturated heterocycles. The van der Waals surface area contributed by atoms with Crippen molar-refractivity contribution in [3.63, 3.8) is 0 Å². The number of imide groups is 1. The third kappa shape index (κ3) is 6.66. The van der Waals surface area contributed by atoms with E-state index in [-0.39, 0.29) is 17.8 Å². The number of carbonyl (C=O) groups is 2. The number of aromatic nitrogens is 3. The molecule has 4 rings (SSSR count). The van der Waals surface area contributed by atoms with Gasteiger partial charge in [0.05, 0.1) is 18.4 Å². The van der Waals surface area contributed by atoms with Crippen molar-refractivity contribution in [2.45, 2.75) is 46.6 Å². The Morgan fingerprint density at radius 1 is 1.14 bits per heavy atom. The molecule has 0 saturated carbocycles. The first-order valence-electron chi connectivity index (χ1n) is 12.0. The number of amides is 2. The van der Waals surface area contributed by atoms with Gasteiger partial charge in [-0.1, -0.05) is 55.5 Å². The molecule has 2 aromatic rings. The van der Waals surface area contributed by atoms with E-state index >= 15 is 0 Å². The van der Waals surface area contributed by atoms with E-state index in [0.717, 1.165) is 22.8 Å². The van der Waals surface area contributed by atoms with Crippen molar-refractivity contribution in [3.8, 4) is 5.69 Å². The number of thioether (sulfide) groups is 1. The Balaban J connectivity index is 0.00000176. The van der Waals surface area contributed by atoms with Crippen LogP contribution in [0.15, 0.2) is 60.4 Å². The molecule has 2 amide bonds. The molecule has 1 aliphatic heterocycles. The van der Waals surface area contributed by atoms with E-state index in [2.05, 4.69) is 10.3 Å². The van der Waals surface area contributed by atoms with E-state index in [0.29, 0.717) is 29.7 Å². The summed E-state index contributed by atoms with van der Waals surface area (Å²) in [4.78, 5) is 26.1. The number of carbonyl (C=O) groups excluding carboxylic acids is 2. The highest BCUT2D eigenvalue weighted by Gasteiger charge is 2.23. The monoisotopic (exact) mass is 512 g/mol. The molecule has 0 N–H and O–H groups in total. The van der Waals surface area contributed by atoms with Crippen molar-refractivity contribution in [2.75, 3.05) is 11.5 Å². The summed E-state index contributed by atoms with van der Waals surface area (Å²) in [7, 11) is 0. The molecule has 6 nitrogen and oxygen atoms in total. The lowest BCUT2D eigenvalue weighted by atomic mass is 9.99. The van der Waals surface area contributed by atoms with Gasteiger partial charge in [-0.15, -0.1) is 5.10 Å². The fourth-order valence-electron chi connectivity index (χ4n) is 3.83. The van der Waals surface area contributed by atoms with Crippen LogP contribution in [0, 0.1) is 11.6 Å². The van der Waals surface area contributed by atoms with Gasteiger partial charge in [0, 0.05) is 35.9 Å². The number of allylic oxidation sites excluding steroid dienone is 6. The fraction of sp³-hybridized carbons (Fsp3) is 0.333. The third-order valence-electron chi connectivity index (χ3n) is 5.55. The highest BCUT2D eigenvalue weighted by atomic mass is 32.2. The van der Waals surface area contributed by atoms with Gasteiger partial charge in [-0.2, -0.15) is 11.8 Å². The summed E-state index contributed by atoms with van der Waals surface area (Å²) in [6, 6.07) is 2.44. The van der Waals surface area contributed by atoms with Crippen LogP contribution >= 0.6 is 11.8 Å². The maximum atomic E-state index is 14.9. The quantitative estimate of drug-likeness (QED) is 0.507. The van der Waals surface area contributed by atoms with Crippen LogP contribution in [0.25, 0.3) is 11.3 Å². The summed E-state index contributed by atoms with van der Waals surface area (Å²) in [6.07, 6.45) is 14.1. The molecule has 9 heteroatoms. The summed E-state index contributed by atoms with van der Waals surface area (Å²) >= 11 is 1.74. The summed E-state index contributed by atoms with van der Waals surface area (Å²) < 4.78 is 31.1. The molecule has 1 aromatic heterocycles. The van der Waals surface area contributed by atoms with Gasteiger partial charge in [0.25, 0.3) is 5.91 Å². The van der Waals surface area contributed by atoms with Crippen LogP contribution in [-0.4, -0.2) is 43.2 Å². The number of hydrogen-bond acceptors (Lipinski definition) is 5. The van der Waals surface area contributed by atoms with Gasteiger partial charge in [-0.3, -0.25) is 14.5 Å². The van der Waals surface area contributed by atoms with E-state index in [4.69, 9.17) is 0 Å². The fourth-order valence-corrected chi connectivity index (χ4v) is 4.66. The third-order valence-corrected chi connectivity index (χ3v) is 6.53. The van der Waals surface area contributed by atoms with Crippen LogP contribution in [0.4, 0.5) is 8.78 Å². The van der Waals surface area contributed by atoms with Crippen LogP contribution in [0.3, 0.4) is 0 Å². The zero-order valence-corrected chi connectivity index (χ0v) is 21.5. The number of benzene rings is 1. The molecule has 1 aromatic carbocycles. The van der Waals surface area contributed by atoms with Crippen LogP contribution < -0.4 is 0 Å². The SMILES string of the molecule is CC.CC(=O)N(Cc1cn(-c2cc(F)c(C3=CCSCCC3)c(F)c2)nn1)C(=O)C1=CC=CC=CC1. The summed E-state index contributed by atoms with van der Waals surface area (Å²) in [5, 5.41) is 7.96. The van der Waals surface area contributed by atoms with E-state index in [1.807, 2.05) is 32.1 Å². The highest BCUT2D eigenvalue weighted by molar-refractivity contribution is 7.99. The second-order valence-electron chi connectivity index (χ2n) is 7.97. The Morgan fingerprint density at radius 3 is 2.61 bits per heavy atom. The Hall–Kier alpha value is -3.33. The Kier molecular flexibility index (Phi) is 9.93. The van der Waals surface area contributed by atoms with Crippen molar-refractivity contribution in [3.05, 3.63) is 83.3 Å². The molecule has 0 unspecified atom stereocenters. The minimum absolute atomic E-state index is 0.000264. The predicted molar refractivity (Wildman–Crippen MR) is 139 cm³/mol. The topological polar surface area (TPSA) is 68.1 Å². The largest absolute Gasteiger partial charge is 0.275 e. The van der Waals surface area contributed by atoms with E-state index in [1.165, 1.54) is 29.9 Å². The lowest BCUT2D eigenvalue weighted by molar-refractivity contribution is -0.141. The van der Waals surface area contributed by atoms with Crippen molar-refractivity contribution >= 4 is 29.1 Å². The van der Waals surface area contributed by atoms with E-state index < -0.39 is 23.4 Å². The summed E-state index contributed by atoms with van der Waals surface area (Å²) in [6.45, 7) is 5.20. The van der Waals surface area contributed by atoms with Gasteiger partial charge in [-0.05, 0) is 30.6 Å². The zero-order valence-electron chi connectivity index (χ0n) is 20.7. The van der Waals surface area contributed by atoms with Crippen LogP contribution in [0.5, 0.6) is 0 Å². The molecule has 36 heavy (non-hydrogen) atoms. The Labute approximate surface area is 214 Å². The smallest absolute Gasteiger partial charge is 0.257 e. The minimum Gasteiger partial charge on any atom is -0.275 e. The number of rotatable bonds is 5. The molecule has 0 radical (unpaired) electrons. The summed E-state index contributed by atoms with van der Waals surface area (Å²) in [5.41, 5.74) is 1.64. The molecule has 0 spiro atoms. The standard InChI is InChI=1S/C25H24F2N4O2S.C2H6/c1-17(32)30(25(33)19-7-4-2-3-5-8-19)15-20-16-31(29-28-20)21-13-22(26)24(23(27)14-21)18-9-6-11-34-12-10-18;1-2/h2-5,7,10,13-14,16H,6,8-9,11-12,15H2,1H3;1-2H3. The van der Waals surface area contributed by atoms with Gasteiger partial charge in [0.1, 0.15) is 17.3 Å². The first kappa shape index (κ1) is 27.3. The summed E-state index contributed by atoms with van der Waals surface area (Å²) in [5.74, 6) is -0.479. The van der Waals surface area contributed by atoms with Gasteiger partial charge < -0.3 is 0 Å². The van der Waals surface area contributed by atoms with Crippen LogP contribution in [0.2, 0.25) is 0 Å². The first-order chi connectivity index (χ1) is 17.4. The van der Waals surface area contributed by atoms with Gasteiger partial charge >= 0.3 is 0 Å². The van der Waals surface area contributed by atoms with Gasteiger partial charge in [0.15, 0.2) is 0 Å². The van der Waals surface area contributed by atoms with Crippen LogP contribution in [0.1, 0.15) is 51.3 Å². The van der Waals surface area contributed by atoms with Crippen molar-refractivity contribution < 1.29 is 18.4 Å². The zero-order chi connectivity index (χ0) is 26.1. The van der Waals surface area contributed by atoms with Gasteiger partial charge in [0.2, 0.25) is 5.91 Å². The second-order valence-corrected chi connectivity index (χ2v) is 9.12. The Morgan fingerprint density at radius 2 is 1.89 bits per heavy atom. The van der Waals surface area contributed by atoms with E-state index in [1.54, 1.807) is 30.0 Å². The molecular formula is C27H30F2N4O2S.